The summed E-state index contributed by atoms with van der Waals surface area (Å²) in [5.41, 5.74) is 2.55. The molecule has 1 aromatic heterocycles. The van der Waals surface area contributed by atoms with Gasteiger partial charge in [-0.1, -0.05) is 18.2 Å². The first kappa shape index (κ1) is 25.9. The molecule has 1 saturated heterocycles. The minimum atomic E-state index is -0.504. The SMILES string of the molecule is COc1ccc(C2c3ccsc3CCN2CC(=O)N2CCN(C(=O)c3cccc([N+](=O)[O-])c3)C(C)C2)cc1. The molecule has 3 aromatic rings. The van der Waals surface area contributed by atoms with Gasteiger partial charge in [-0.3, -0.25) is 24.6 Å². The van der Waals surface area contributed by atoms with Crippen LogP contribution in [-0.2, 0) is 11.2 Å². The molecule has 1 fully saturated rings. The van der Waals surface area contributed by atoms with E-state index in [4.69, 9.17) is 4.74 Å². The molecular weight excluding hydrogens is 504 g/mol. The fourth-order valence-electron chi connectivity index (χ4n) is 5.39. The molecule has 2 aliphatic rings. The van der Waals surface area contributed by atoms with E-state index in [1.807, 2.05) is 24.0 Å². The molecule has 10 heteroatoms. The van der Waals surface area contributed by atoms with Gasteiger partial charge in [0.2, 0.25) is 5.91 Å². The van der Waals surface area contributed by atoms with Crippen molar-refractivity contribution < 1.29 is 19.2 Å². The molecule has 0 saturated carbocycles. The Kier molecular flexibility index (Phi) is 7.44. The lowest BCUT2D eigenvalue weighted by Crippen LogP contribution is -2.57. The number of carbonyl (C=O) groups excluding carboxylic acids is 2. The number of rotatable bonds is 6. The van der Waals surface area contributed by atoms with Crippen LogP contribution in [0.15, 0.2) is 60.0 Å². The van der Waals surface area contributed by atoms with Crippen LogP contribution in [-0.4, -0.2) is 77.3 Å². The van der Waals surface area contributed by atoms with Gasteiger partial charge in [0.1, 0.15) is 5.75 Å². The van der Waals surface area contributed by atoms with Crippen LogP contribution in [0.25, 0.3) is 0 Å². The Morgan fingerprint density at radius 3 is 2.61 bits per heavy atom. The van der Waals surface area contributed by atoms with Crippen molar-refractivity contribution in [1.82, 2.24) is 14.7 Å². The number of thiophene rings is 1. The molecule has 3 heterocycles. The van der Waals surface area contributed by atoms with Crippen LogP contribution in [0.1, 0.15) is 39.3 Å². The monoisotopic (exact) mass is 534 g/mol. The van der Waals surface area contributed by atoms with E-state index >= 15 is 0 Å². The highest BCUT2D eigenvalue weighted by Gasteiger charge is 2.35. The summed E-state index contributed by atoms with van der Waals surface area (Å²) in [5, 5.41) is 13.2. The maximum Gasteiger partial charge on any atom is 0.270 e. The molecule has 0 aliphatic carbocycles. The number of ether oxygens (including phenoxy) is 1. The average Bonchev–Trinajstić information content (AvgIpc) is 3.41. The molecular formula is C28H30N4O5S. The fourth-order valence-corrected chi connectivity index (χ4v) is 6.30. The maximum absolute atomic E-state index is 13.5. The summed E-state index contributed by atoms with van der Waals surface area (Å²) in [4.78, 5) is 44.3. The molecule has 2 unspecified atom stereocenters. The van der Waals surface area contributed by atoms with Crippen molar-refractivity contribution in [3.63, 3.8) is 0 Å². The van der Waals surface area contributed by atoms with Gasteiger partial charge in [-0.15, -0.1) is 11.3 Å². The number of fused-ring (bicyclic) bond motifs is 1. The molecule has 0 bridgehead atoms. The van der Waals surface area contributed by atoms with Crippen LogP contribution in [0.2, 0.25) is 0 Å². The zero-order valence-corrected chi connectivity index (χ0v) is 22.2. The molecule has 2 amide bonds. The van der Waals surface area contributed by atoms with Gasteiger partial charge >= 0.3 is 0 Å². The highest BCUT2D eigenvalue weighted by atomic mass is 32.1. The number of piperazine rings is 1. The third kappa shape index (κ3) is 5.14. The van der Waals surface area contributed by atoms with E-state index < -0.39 is 4.92 Å². The van der Waals surface area contributed by atoms with E-state index in [1.165, 1.54) is 28.6 Å². The minimum absolute atomic E-state index is 0.00554. The first-order valence-corrected chi connectivity index (χ1v) is 13.5. The number of hydrogen-bond donors (Lipinski definition) is 0. The number of carbonyl (C=O) groups is 2. The molecule has 0 radical (unpaired) electrons. The molecule has 198 valence electrons. The fraction of sp³-hybridized carbons (Fsp3) is 0.357. The van der Waals surface area contributed by atoms with Gasteiger partial charge in [0.05, 0.1) is 24.6 Å². The lowest BCUT2D eigenvalue weighted by atomic mass is 9.93. The van der Waals surface area contributed by atoms with Gasteiger partial charge in [0.15, 0.2) is 0 Å². The Bertz CT molecular complexity index is 1340. The number of nitro groups is 1. The van der Waals surface area contributed by atoms with E-state index in [9.17, 15) is 19.7 Å². The molecule has 2 atom stereocenters. The van der Waals surface area contributed by atoms with Gasteiger partial charge in [-0.2, -0.15) is 0 Å². The van der Waals surface area contributed by atoms with Crippen molar-refractivity contribution in [1.29, 1.82) is 0 Å². The second-order valence-electron chi connectivity index (χ2n) is 9.69. The Hall–Kier alpha value is -3.76. The Labute approximate surface area is 225 Å². The quantitative estimate of drug-likeness (QED) is 0.351. The average molecular weight is 535 g/mol. The van der Waals surface area contributed by atoms with Gasteiger partial charge in [-0.25, -0.2) is 0 Å². The molecule has 2 aromatic carbocycles. The van der Waals surface area contributed by atoms with E-state index in [0.717, 1.165) is 24.3 Å². The lowest BCUT2D eigenvalue weighted by molar-refractivity contribution is -0.384. The molecule has 9 nitrogen and oxygen atoms in total. The standard InChI is InChI=1S/C28H30N4O5S/c1-19-17-29(13-14-31(19)28(34)21-4-3-5-22(16-21)32(35)36)26(33)18-30-12-10-25-24(11-15-38-25)27(30)20-6-8-23(37-2)9-7-20/h3-9,11,15-16,19,27H,10,12-14,17-18H2,1-2H3. The smallest absolute Gasteiger partial charge is 0.270 e. The van der Waals surface area contributed by atoms with Crippen molar-refractivity contribution in [3.05, 3.63) is 91.7 Å². The summed E-state index contributed by atoms with van der Waals surface area (Å²) >= 11 is 1.76. The van der Waals surface area contributed by atoms with Crippen molar-refractivity contribution in [2.75, 3.05) is 39.8 Å². The van der Waals surface area contributed by atoms with Crippen molar-refractivity contribution in [2.45, 2.75) is 25.4 Å². The van der Waals surface area contributed by atoms with Crippen LogP contribution in [0, 0.1) is 10.1 Å². The molecule has 38 heavy (non-hydrogen) atoms. The largest absolute Gasteiger partial charge is 0.497 e. The summed E-state index contributed by atoms with van der Waals surface area (Å²) in [7, 11) is 1.65. The van der Waals surface area contributed by atoms with E-state index in [1.54, 1.807) is 29.4 Å². The number of nitrogens with zero attached hydrogens (tertiary/aromatic N) is 4. The third-order valence-electron chi connectivity index (χ3n) is 7.38. The number of nitro benzene ring substituents is 1. The first-order valence-electron chi connectivity index (χ1n) is 12.6. The molecule has 0 spiro atoms. The van der Waals surface area contributed by atoms with Crippen molar-refractivity contribution in [2.24, 2.45) is 0 Å². The summed E-state index contributed by atoms with van der Waals surface area (Å²) < 4.78 is 5.33. The van der Waals surface area contributed by atoms with Crippen molar-refractivity contribution >= 4 is 28.8 Å². The minimum Gasteiger partial charge on any atom is -0.497 e. The van der Waals surface area contributed by atoms with Crippen LogP contribution in [0.3, 0.4) is 0 Å². The Morgan fingerprint density at radius 2 is 1.89 bits per heavy atom. The van der Waals surface area contributed by atoms with E-state index in [2.05, 4.69) is 28.5 Å². The second kappa shape index (κ2) is 10.9. The molecule has 0 N–H and O–H groups in total. The zero-order valence-electron chi connectivity index (χ0n) is 21.4. The first-order chi connectivity index (χ1) is 18.4. The number of amides is 2. The van der Waals surface area contributed by atoms with E-state index in [0.29, 0.717) is 19.6 Å². The lowest BCUT2D eigenvalue weighted by Gasteiger charge is -2.42. The Balaban J connectivity index is 1.27. The van der Waals surface area contributed by atoms with Crippen LogP contribution in [0.5, 0.6) is 5.75 Å². The van der Waals surface area contributed by atoms with Gasteiger partial charge in [0.25, 0.3) is 11.6 Å². The summed E-state index contributed by atoms with van der Waals surface area (Å²) in [5.74, 6) is 0.578. The number of hydrogen-bond acceptors (Lipinski definition) is 7. The summed E-state index contributed by atoms with van der Waals surface area (Å²) in [6.45, 7) is 4.21. The van der Waals surface area contributed by atoms with Gasteiger partial charge < -0.3 is 14.5 Å². The molecule has 2 aliphatic heterocycles. The highest BCUT2D eigenvalue weighted by Crippen LogP contribution is 2.38. The van der Waals surface area contributed by atoms with Gasteiger partial charge in [0, 0.05) is 54.8 Å². The summed E-state index contributed by atoms with van der Waals surface area (Å²) in [6.07, 6.45) is 0.912. The number of benzene rings is 2. The normalized spacial score (nSPS) is 19.6. The van der Waals surface area contributed by atoms with Gasteiger partial charge in [-0.05, 0) is 54.1 Å². The van der Waals surface area contributed by atoms with E-state index in [-0.39, 0.29) is 41.7 Å². The maximum atomic E-state index is 13.5. The third-order valence-corrected chi connectivity index (χ3v) is 8.38. The highest BCUT2D eigenvalue weighted by molar-refractivity contribution is 7.10. The number of non-ortho nitro benzene ring substituents is 1. The van der Waals surface area contributed by atoms with Crippen molar-refractivity contribution in [3.8, 4) is 5.75 Å². The Morgan fingerprint density at radius 1 is 1.11 bits per heavy atom. The van der Waals surface area contributed by atoms with Crippen LogP contribution < -0.4 is 4.74 Å². The number of methoxy groups -OCH3 is 1. The zero-order chi connectivity index (χ0) is 26.8. The van der Waals surface area contributed by atoms with Crippen LogP contribution in [0.4, 0.5) is 5.69 Å². The topological polar surface area (TPSA) is 96.2 Å². The summed E-state index contributed by atoms with van der Waals surface area (Å²) in [6, 6.07) is 15.8. The molecule has 5 rings (SSSR count). The van der Waals surface area contributed by atoms with Crippen LogP contribution >= 0.6 is 11.3 Å². The predicted octanol–water partition coefficient (Wildman–Crippen LogP) is 3.99. The predicted molar refractivity (Wildman–Crippen MR) is 145 cm³/mol. The second-order valence-corrected chi connectivity index (χ2v) is 10.7.